The van der Waals surface area contributed by atoms with Gasteiger partial charge in [0, 0.05) is 25.0 Å². The first-order valence-electron chi connectivity index (χ1n) is 12.6. The highest BCUT2D eigenvalue weighted by Gasteiger charge is 2.31. The fourth-order valence-electron chi connectivity index (χ4n) is 3.67. The summed E-state index contributed by atoms with van der Waals surface area (Å²) in [6.45, 7) is 1.20. The number of amides is 2. The number of carboxylic acid groups (broad SMARTS) is 1. The van der Waals surface area contributed by atoms with E-state index in [1.807, 2.05) is 18.2 Å². The van der Waals surface area contributed by atoms with Crippen molar-refractivity contribution in [2.45, 2.75) is 75.8 Å². The number of aliphatic carboxylic acids is 1. The predicted octanol–water partition coefficient (Wildman–Crippen LogP) is 3.90. The maximum Gasteiger partial charge on any atom is 0.374 e. The van der Waals surface area contributed by atoms with E-state index in [0.29, 0.717) is 18.0 Å². The van der Waals surface area contributed by atoms with Crippen molar-refractivity contribution in [3.05, 3.63) is 53.1 Å². The number of nitrogens with zero attached hydrogens (tertiary/aromatic N) is 2. The molecule has 1 aliphatic carbocycles. The fraction of sp³-hybridized carbons (Fsp3) is 0.500. The van der Waals surface area contributed by atoms with E-state index in [-0.39, 0.29) is 23.9 Å². The Bertz CT molecular complexity index is 1100. The zero-order valence-corrected chi connectivity index (χ0v) is 22.0. The third-order valence-electron chi connectivity index (χ3n) is 5.99. The largest absolute Gasteiger partial charge is 0.477 e. The summed E-state index contributed by atoms with van der Waals surface area (Å²) in [4.78, 5) is 34.4. The van der Waals surface area contributed by atoms with Gasteiger partial charge in [0.1, 0.15) is 5.01 Å². The quantitative estimate of drug-likeness (QED) is 0.331. The number of alkyl halides is 2. The minimum atomic E-state index is -3.58. The summed E-state index contributed by atoms with van der Waals surface area (Å²) in [5.74, 6) is -5.41. The molecule has 12 heteroatoms. The Hall–Kier alpha value is -3.25. The first-order valence-corrected chi connectivity index (χ1v) is 13.4. The highest BCUT2D eigenvalue weighted by Crippen LogP contribution is 2.42. The average molecular weight is 550 g/mol. The van der Waals surface area contributed by atoms with E-state index < -0.39 is 11.9 Å². The Morgan fingerprint density at radius 2 is 1.89 bits per heavy atom. The van der Waals surface area contributed by atoms with Gasteiger partial charge >= 0.3 is 11.9 Å². The number of rotatable bonds is 10. The molecule has 0 radical (unpaired) electrons. The summed E-state index contributed by atoms with van der Waals surface area (Å²) in [6.07, 6.45) is 10.1. The van der Waals surface area contributed by atoms with Crippen molar-refractivity contribution in [1.29, 1.82) is 0 Å². The molecule has 1 saturated heterocycles. The highest BCUT2D eigenvalue weighted by molar-refractivity contribution is 7.15. The summed E-state index contributed by atoms with van der Waals surface area (Å²) in [5.41, 5.74) is 1.21. The van der Waals surface area contributed by atoms with Crippen LogP contribution in [0.2, 0.25) is 0 Å². The molecule has 2 atom stereocenters. The molecule has 2 aliphatic rings. The van der Waals surface area contributed by atoms with E-state index in [9.17, 15) is 23.2 Å². The average Bonchev–Trinajstić information content (AvgIpc) is 3.65. The molecule has 2 fully saturated rings. The molecule has 4 rings (SSSR count). The number of carbonyl (C=O) groups is 3. The van der Waals surface area contributed by atoms with Crippen LogP contribution in [0.5, 0.6) is 0 Å². The van der Waals surface area contributed by atoms with Crippen molar-refractivity contribution in [1.82, 2.24) is 20.8 Å². The van der Waals surface area contributed by atoms with Crippen LogP contribution in [0.15, 0.2) is 42.5 Å². The van der Waals surface area contributed by atoms with Crippen molar-refractivity contribution in [2.24, 2.45) is 0 Å². The maximum absolute atomic E-state index is 12.7. The van der Waals surface area contributed by atoms with Gasteiger partial charge in [-0.25, -0.2) is 4.79 Å². The van der Waals surface area contributed by atoms with Gasteiger partial charge in [0.2, 0.25) is 16.9 Å². The van der Waals surface area contributed by atoms with Crippen molar-refractivity contribution >= 4 is 34.3 Å². The van der Waals surface area contributed by atoms with Gasteiger partial charge in [0.15, 0.2) is 0 Å². The second-order valence-corrected chi connectivity index (χ2v) is 10.4. The highest BCUT2D eigenvalue weighted by atomic mass is 32.1. The smallest absolute Gasteiger partial charge is 0.374 e. The molecule has 0 spiro atoms. The van der Waals surface area contributed by atoms with Gasteiger partial charge in [0.25, 0.3) is 0 Å². The van der Waals surface area contributed by atoms with Crippen LogP contribution >= 0.6 is 11.3 Å². The zero-order valence-electron chi connectivity index (χ0n) is 21.2. The van der Waals surface area contributed by atoms with Crippen LogP contribution < -0.4 is 16.0 Å². The van der Waals surface area contributed by atoms with Crippen molar-refractivity contribution in [3.63, 3.8) is 0 Å². The summed E-state index contributed by atoms with van der Waals surface area (Å²) in [7, 11) is 0. The number of halogens is 2. The zero-order chi connectivity index (χ0) is 27.5. The van der Waals surface area contributed by atoms with Gasteiger partial charge in [-0.05, 0) is 50.6 Å². The van der Waals surface area contributed by atoms with E-state index >= 15 is 0 Å². The number of hydrogen-bond donors (Lipinski definition) is 4. The Morgan fingerprint density at radius 1 is 1.18 bits per heavy atom. The van der Waals surface area contributed by atoms with Crippen molar-refractivity contribution < 1.29 is 28.3 Å². The first kappa shape index (κ1) is 29.3. The van der Waals surface area contributed by atoms with Crippen LogP contribution in [0.25, 0.3) is 0 Å². The summed E-state index contributed by atoms with van der Waals surface area (Å²) in [6, 6.07) is 9.78. The lowest BCUT2D eigenvalue weighted by molar-refractivity contribution is -0.161. The number of hydrogen-bond acceptors (Lipinski definition) is 7. The van der Waals surface area contributed by atoms with Crippen LogP contribution in [-0.2, 0) is 20.8 Å². The van der Waals surface area contributed by atoms with Gasteiger partial charge < -0.3 is 15.7 Å². The first-order chi connectivity index (χ1) is 18.1. The fourth-order valence-corrected chi connectivity index (χ4v) is 4.59. The molecule has 4 N–H and O–H groups in total. The third kappa shape index (κ3) is 10.3. The lowest BCUT2D eigenvalue weighted by atomic mass is 10.0. The molecule has 206 valence electrons. The number of carbonyl (C=O) groups excluding carboxylic acids is 2. The monoisotopic (exact) mass is 549 g/mol. The van der Waals surface area contributed by atoms with Gasteiger partial charge in [-0.15, -0.1) is 10.2 Å². The lowest BCUT2D eigenvalue weighted by Gasteiger charge is -2.25. The third-order valence-corrected chi connectivity index (χ3v) is 7.00. The number of benzene rings is 1. The van der Waals surface area contributed by atoms with Crippen LogP contribution in [0, 0.1) is 0 Å². The maximum atomic E-state index is 12.7. The SMILES string of the molecule is CC(F)(F)C(=O)O.O=C(/C=C/[C@H](CCc1ccccc1)NC(=O)[C@@H]1CCCCN1)Nc1nnc(C2CC2)s1. The summed E-state index contributed by atoms with van der Waals surface area (Å²) >= 11 is 1.44. The standard InChI is InChI=1S/C23H29N5O2S.C3H4F2O2/c29-20(26-23-28-27-22(31-23)17-10-11-17)14-13-18(12-9-16-6-2-1-3-7-16)25-21(30)19-8-4-5-15-24-19;1-3(4,5)2(6)7/h1-3,6-7,13-14,17-19,24H,4-5,8-12,15H2,(H,25,30)(H,26,28,29);1H3,(H,6,7)/b14-13+;/t18-,19-;/m0./s1. The lowest BCUT2D eigenvalue weighted by Crippen LogP contribution is -2.49. The summed E-state index contributed by atoms with van der Waals surface area (Å²) < 4.78 is 22.5. The Kier molecular flexibility index (Phi) is 10.8. The molecule has 0 unspecified atom stereocenters. The van der Waals surface area contributed by atoms with E-state index in [2.05, 4.69) is 38.3 Å². The number of carboxylic acids is 1. The molecule has 38 heavy (non-hydrogen) atoms. The van der Waals surface area contributed by atoms with Crippen LogP contribution in [0.1, 0.15) is 61.9 Å². The molecule has 1 aliphatic heterocycles. The van der Waals surface area contributed by atoms with Gasteiger partial charge in [-0.2, -0.15) is 8.78 Å². The molecular formula is C26H33F2N5O4S. The molecule has 1 aromatic heterocycles. The minimum Gasteiger partial charge on any atom is -0.477 e. The molecule has 0 bridgehead atoms. The second kappa shape index (κ2) is 14.1. The number of piperidine rings is 1. The molecule has 2 aromatic rings. The van der Waals surface area contributed by atoms with Gasteiger partial charge in [0.05, 0.1) is 6.04 Å². The Labute approximate surface area is 224 Å². The van der Waals surface area contributed by atoms with E-state index in [0.717, 1.165) is 56.5 Å². The van der Waals surface area contributed by atoms with Gasteiger partial charge in [-0.3, -0.25) is 14.9 Å². The molecule has 1 saturated carbocycles. The van der Waals surface area contributed by atoms with E-state index in [1.54, 1.807) is 6.08 Å². The van der Waals surface area contributed by atoms with Gasteiger partial charge in [-0.1, -0.05) is 54.2 Å². The van der Waals surface area contributed by atoms with E-state index in [4.69, 9.17) is 5.11 Å². The number of nitrogens with one attached hydrogen (secondary N) is 3. The van der Waals surface area contributed by atoms with Crippen molar-refractivity contribution in [3.8, 4) is 0 Å². The predicted molar refractivity (Wildman–Crippen MR) is 140 cm³/mol. The topological polar surface area (TPSA) is 133 Å². The van der Waals surface area contributed by atoms with Crippen LogP contribution in [-0.4, -0.2) is 57.6 Å². The molecule has 1 aromatic carbocycles. The molecule has 2 amide bonds. The Balaban J connectivity index is 0.000000505. The molecule has 9 nitrogen and oxygen atoms in total. The van der Waals surface area contributed by atoms with E-state index in [1.165, 1.54) is 23.0 Å². The molecule has 2 heterocycles. The normalized spacial score (nSPS) is 18.2. The second-order valence-electron chi connectivity index (χ2n) is 9.40. The summed E-state index contributed by atoms with van der Waals surface area (Å²) in [5, 5.41) is 26.4. The minimum absolute atomic E-state index is 0.000943. The number of aromatic nitrogens is 2. The molecular weight excluding hydrogens is 516 g/mol. The van der Waals surface area contributed by atoms with Crippen LogP contribution in [0.4, 0.5) is 13.9 Å². The number of anilines is 1. The number of aryl methyl sites for hydroxylation is 1. The van der Waals surface area contributed by atoms with Crippen LogP contribution in [0.3, 0.4) is 0 Å². The van der Waals surface area contributed by atoms with Crippen molar-refractivity contribution in [2.75, 3.05) is 11.9 Å². The Morgan fingerprint density at radius 3 is 2.50 bits per heavy atom.